The van der Waals surface area contributed by atoms with E-state index in [-0.39, 0.29) is 5.78 Å². The zero-order valence-electron chi connectivity index (χ0n) is 13.4. The summed E-state index contributed by atoms with van der Waals surface area (Å²) in [5.41, 5.74) is 2.11. The molecule has 1 aromatic carbocycles. The molecule has 0 unspecified atom stereocenters. The van der Waals surface area contributed by atoms with Crippen LogP contribution in [0.25, 0.3) is 11.0 Å². The van der Waals surface area contributed by atoms with Crippen LogP contribution in [0, 0.1) is 0 Å². The van der Waals surface area contributed by atoms with Gasteiger partial charge in [-0.1, -0.05) is 17.3 Å². The van der Waals surface area contributed by atoms with Crippen molar-refractivity contribution in [3.63, 3.8) is 0 Å². The molecule has 128 valence electrons. The smallest absolute Gasteiger partial charge is 0.324 e. The van der Waals surface area contributed by atoms with Crippen molar-refractivity contribution in [3.8, 4) is 0 Å². The number of hydrogen-bond donors (Lipinski definition) is 3. The van der Waals surface area contributed by atoms with Crippen molar-refractivity contribution in [3.05, 3.63) is 72.2 Å². The monoisotopic (exact) mass is 347 g/mol. The Bertz CT molecular complexity index is 1090. The van der Waals surface area contributed by atoms with Gasteiger partial charge in [0.1, 0.15) is 11.9 Å². The molecule has 0 saturated carbocycles. The van der Waals surface area contributed by atoms with Crippen LogP contribution in [-0.2, 0) is 0 Å². The Morgan fingerprint density at radius 1 is 1.08 bits per heavy atom. The van der Waals surface area contributed by atoms with Gasteiger partial charge in [-0.25, -0.2) is 9.78 Å². The number of amides is 2. The van der Waals surface area contributed by atoms with Crippen LogP contribution in [0.1, 0.15) is 15.9 Å². The third kappa shape index (κ3) is 3.03. The third-order valence-corrected chi connectivity index (χ3v) is 3.76. The number of anilines is 2. The first-order chi connectivity index (χ1) is 12.7. The number of carbonyl (C=O) groups is 2. The molecule has 3 heterocycles. The van der Waals surface area contributed by atoms with Gasteiger partial charge in [-0.2, -0.15) is 0 Å². The van der Waals surface area contributed by atoms with Crippen LogP contribution in [-0.4, -0.2) is 26.9 Å². The number of fused-ring (bicyclic) bond motifs is 1. The predicted octanol–water partition coefficient (Wildman–Crippen LogP) is 3.43. The van der Waals surface area contributed by atoms with Gasteiger partial charge in [-0.3, -0.25) is 10.1 Å². The normalized spacial score (nSPS) is 10.6. The predicted molar refractivity (Wildman–Crippen MR) is 95.1 cm³/mol. The number of nitrogens with one attached hydrogen (secondary N) is 3. The maximum atomic E-state index is 12.8. The van der Waals surface area contributed by atoms with Crippen molar-refractivity contribution in [1.29, 1.82) is 0 Å². The molecule has 0 fully saturated rings. The Kier molecular flexibility index (Phi) is 3.91. The van der Waals surface area contributed by atoms with Crippen molar-refractivity contribution in [2.45, 2.75) is 0 Å². The molecule has 26 heavy (non-hydrogen) atoms. The first-order valence-electron chi connectivity index (χ1n) is 7.76. The average Bonchev–Trinajstić information content (AvgIpc) is 3.30. The lowest BCUT2D eigenvalue weighted by Crippen LogP contribution is -2.19. The van der Waals surface area contributed by atoms with Crippen molar-refractivity contribution < 1.29 is 14.1 Å². The Morgan fingerprint density at radius 3 is 2.85 bits per heavy atom. The molecule has 0 aliphatic rings. The molecule has 3 N–H and O–H groups in total. The van der Waals surface area contributed by atoms with Crippen LogP contribution in [0.4, 0.5) is 16.3 Å². The lowest BCUT2D eigenvalue weighted by molar-refractivity contribution is 0.104. The van der Waals surface area contributed by atoms with Crippen LogP contribution in [0.3, 0.4) is 0 Å². The van der Waals surface area contributed by atoms with Gasteiger partial charge in [0, 0.05) is 40.7 Å². The van der Waals surface area contributed by atoms with E-state index in [1.807, 2.05) is 6.07 Å². The molecule has 0 atom stereocenters. The number of aromatic nitrogens is 3. The fourth-order valence-electron chi connectivity index (χ4n) is 2.59. The van der Waals surface area contributed by atoms with E-state index >= 15 is 0 Å². The molecule has 0 aliphatic carbocycles. The molecule has 0 saturated heterocycles. The molecule has 4 rings (SSSR count). The Morgan fingerprint density at radius 2 is 2.00 bits per heavy atom. The molecule has 0 bridgehead atoms. The molecule has 4 aromatic rings. The van der Waals surface area contributed by atoms with Crippen molar-refractivity contribution in [2.24, 2.45) is 0 Å². The summed E-state index contributed by atoms with van der Waals surface area (Å²) in [6.45, 7) is 0. The van der Waals surface area contributed by atoms with Crippen molar-refractivity contribution in [1.82, 2.24) is 15.1 Å². The number of urea groups is 1. The molecular formula is C18H13N5O3. The van der Waals surface area contributed by atoms with E-state index in [1.165, 1.54) is 12.3 Å². The number of benzene rings is 1. The molecule has 3 aromatic heterocycles. The zero-order chi connectivity index (χ0) is 17.9. The second-order valence-corrected chi connectivity index (χ2v) is 5.48. The molecular weight excluding hydrogens is 334 g/mol. The molecule has 2 amide bonds. The summed E-state index contributed by atoms with van der Waals surface area (Å²) in [5.74, 6) is 0.130. The van der Waals surface area contributed by atoms with Gasteiger partial charge in [-0.05, 0) is 24.3 Å². The highest BCUT2D eigenvalue weighted by molar-refractivity contribution is 6.16. The van der Waals surface area contributed by atoms with Crippen LogP contribution in [0.2, 0.25) is 0 Å². The summed E-state index contributed by atoms with van der Waals surface area (Å²) in [6, 6.07) is 11.3. The Labute approximate surface area is 147 Å². The topological polar surface area (TPSA) is 113 Å². The van der Waals surface area contributed by atoms with Gasteiger partial charge in [-0.15, -0.1) is 0 Å². The van der Waals surface area contributed by atoms with E-state index in [4.69, 9.17) is 0 Å². The maximum absolute atomic E-state index is 12.8. The third-order valence-electron chi connectivity index (χ3n) is 3.76. The minimum atomic E-state index is -0.486. The van der Waals surface area contributed by atoms with E-state index in [1.54, 1.807) is 42.7 Å². The number of rotatable bonds is 4. The standard InChI is InChI=1S/C18H13N5O3/c24-16(14-10-20-17-13(14)5-2-7-19-17)11-3-1-4-12(9-11)21-18(25)22-15-6-8-26-23-15/h1-10H,(H,19,20)(H2,21,22,23,25). The molecule has 0 spiro atoms. The second-order valence-electron chi connectivity index (χ2n) is 5.48. The lowest BCUT2D eigenvalue weighted by atomic mass is 10.0. The molecule has 0 radical (unpaired) electrons. The minimum Gasteiger partial charge on any atom is -0.363 e. The average molecular weight is 347 g/mol. The van der Waals surface area contributed by atoms with Crippen molar-refractivity contribution in [2.75, 3.05) is 10.6 Å². The number of ketones is 1. The number of hydrogen-bond acceptors (Lipinski definition) is 5. The number of H-pyrrole nitrogens is 1. The first-order valence-corrected chi connectivity index (χ1v) is 7.76. The van der Waals surface area contributed by atoms with Crippen molar-refractivity contribution >= 4 is 34.4 Å². The summed E-state index contributed by atoms with van der Waals surface area (Å²) < 4.78 is 4.65. The summed E-state index contributed by atoms with van der Waals surface area (Å²) in [7, 11) is 0. The van der Waals surface area contributed by atoms with Gasteiger partial charge in [0.25, 0.3) is 0 Å². The van der Waals surface area contributed by atoms with Crippen LogP contribution in [0.15, 0.2) is 65.6 Å². The largest absolute Gasteiger partial charge is 0.363 e. The fourth-order valence-corrected chi connectivity index (χ4v) is 2.59. The number of nitrogens with zero attached hydrogens (tertiary/aromatic N) is 2. The van der Waals surface area contributed by atoms with Gasteiger partial charge >= 0.3 is 6.03 Å². The number of pyridine rings is 1. The maximum Gasteiger partial charge on any atom is 0.324 e. The van der Waals surface area contributed by atoms with E-state index < -0.39 is 6.03 Å². The minimum absolute atomic E-state index is 0.162. The fraction of sp³-hybridized carbons (Fsp3) is 0. The van der Waals surface area contributed by atoms with E-state index in [2.05, 4.69) is 30.3 Å². The number of carbonyl (C=O) groups excluding carboxylic acids is 2. The van der Waals surface area contributed by atoms with E-state index in [0.29, 0.717) is 28.3 Å². The van der Waals surface area contributed by atoms with Gasteiger partial charge in [0.05, 0.1) is 0 Å². The second kappa shape index (κ2) is 6.52. The summed E-state index contributed by atoms with van der Waals surface area (Å²) in [5, 5.41) is 9.52. The SMILES string of the molecule is O=C(Nc1cccc(C(=O)c2c[nH]c3ncccc23)c1)Nc1ccon1. The van der Waals surface area contributed by atoms with Crippen LogP contribution < -0.4 is 10.6 Å². The molecule has 8 heteroatoms. The van der Waals surface area contributed by atoms with Crippen LogP contribution >= 0.6 is 0 Å². The summed E-state index contributed by atoms with van der Waals surface area (Å²) >= 11 is 0. The van der Waals surface area contributed by atoms with Crippen LogP contribution in [0.5, 0.6) is 0 Å². The van der Waals surface area contributed by atoms with E-state index in [0.717, 1.165) is 5.39 Å². The highest BCUT2D eigenvalue weighted by Crippen LogP contribution is 2.21. The highest BCUT2D eigenvalue weighted by Gasteiger charge is 2.15. The highest BCUT2D eigenvalue weighted by atomic mass is 16.5. The lowest BCUT2D eigenvalue weighted by Gasteiger charge is -2.07. The summed E-state index contributed by atoms with van der Waals surface area (Å²) in [4.78, 5) is 31.9. The molecule has 0 aliphatic heterocycles. The molecule has 8 nitrogen and oxygen atoms in total. The van der Waals surface area contributed by atoms with Gasteiger partial charge in [0.2, 0.25) is 0 Å². The quantitative estimate of drug-likeness (QED) is 0.490. The number of aromatic amines is 1. The first kappa shape index (κ1) is 15.6. The van der Waals surface area contributed by atoms with E-state index in [9.17, 15) is 9.59 Å². The Hall–Kier alpha value is -3.94. The van der Waals surface area contributed by atoms with Gasteiger partial charge in [0.15, 0.2) is 11.6 Å². The Balaban J connectivity index is 1.55. The zero-order valence-corrected chi connectivity index (χ0v) is 13.4. The van der Waals surface area contributed by atoms with Gasteiger partial charge < -0.3 is 14.8 Å². The summed E-state index contributed by atoms with van der Waals surface area (Å²) in [6.07, 6.45) is 4.65.